The first-order chi connectivity index (χ1) is 14.2. The van der Waals surface area contributed by atoms with E-state index in [9.17, 15) is 4.79 Å². The Bertz CT molecular complexity index is 930. The quantitative estimate of drug-likeness (QED) is 0.688. The number of nitrogens with zero attached hydrogens (tertiary/aromatic N) is 3. The van der Waals surface area contributed by atoms with Crippen LogP contribution in [-0.4, -0.2) is 35.2 Å². The maximum atomic E-state index is 12.7. The number of ether oxygens (including phenoxy) is 1. The number of benzene rings is 1. The molecule has 29 heavy (non-hydrogen) atoms. The second-order valence-electron chi connectivity index (χ2n) is 7.14. The van der Waals surface area contributed by atoms with Crippen molar-refractivity contribution in [2.45, 2.75) is 19.8 Å². The van der Waals surface area contributed by atoms with Gasteiger partial charge < -0.3 is 19.5 Å². The summed E-state index contributed by atoms with van der Waals surface area (Å²) in [5.41, 5.74) is 1.78. The first-order valence-corrected chi connectivity index (χ1v) is 10.1. The molecule has 4 rings (SSSR count). The van der Waals surface area contributed by atoms with Crippen molar-refractivity contribution in [2.75, 3.05) is 29.9 Å². The van der Waals surface area contributed by atoms with Gasteiger partial charge >= 0.3 is 0 Å². The number of para-hydroxylation sites is 2. The number of aromatic nitrogens is 2. The van der Waals surface area contributed by atoms with E-state index >= 15 is 0 Å². The summed E-state index contributed by atoms with van der Waals surface area (Å²) < 4.78 is 7.64. The summed E-state index contributed by atoms with van der Waals surface area (Å²) in [6, 6.07) is 15.7. The van der Waals surface area contributed by atoms with Crippen LogP contribution in [0, 0.1) is 5.92 Å². The zero-order chi connectivity index (χ0) is 20.1. The Morgan fingerprint density at radius 3 is 2.55 bits per heavy atom. The van der Waals surface area contributed by atoms with Gasteiger partial charge in [-0.05, 0) is 56.2 Å². The monoisotopic (exact) mass is 390 g/mol. The molecule has 1 N–H and O–H groups in total. The van der Waals surface area contributed by atoms with E-state index in [1.807, 2.05) is 72.5 Å². The highest BCUT2D eigenvalue weighted by atomic mass is 16.5. The maximum Gasteiger partial charge on any atom is 0.227 e. The fraction of sp³-hybridized carbons (Fsp3) is 0.304. The van der Waals surface area contributed by atoms with Crippen LogP contribution >= 0.6 is 0 Å². The standard InChI is InChI=1S/C23H26N4O2/c1-2-29-21-8-4-3-7-20(21)25-23(28)18-11-15-27(16-12-18)22-10-9-19(17-24-22)26-13-5-6-14-26/h3-10,13-14,17-18H,2,11-12,15-16H2,1H3,(H,25,28). The van der Waals surface area contributed by atoms with Gasteiger partial charge in [-0.3, -0.25) is 4.79 Å². The van der Waals surface area contributed by atoms with Crippen molar-refractivity contribution in [3.05, 3.63) is 67.1 Å². The molecule has 6 nitrogen and oxygen atoms in total. The third-order valence-corrected chi connectivity index (χ3v) is 5.27. The first kappa shape index (κ1) is 19.1. The topological polar surface area (TPSA) is 59.4 Å². The molecule has 6 heteroatoms. The highest BCUT2D eigenvalue weighted by molar-refractivity contribution is 5.94. The molecule has 2 aromatic heterocycles. The Morgan fingerprint density at radius 1 is 1.10 bits per heavy atom. The number of anilines is 2. The molecule has 0 spiro atoms. The van der Waals surface area contributed by atoms with Gasteiger partial charge in [0.1, 0.15) is 11.6 Å². The molecule has 1 aliphatic rings. The normalized spacial score (nSPS) is 14.6. The number of carbonyl (C=O) groups excluding carboxylic acids is 1. The third-order valence-electron chi connectivity index (χ3n) is 5.27. The van der Waals surface area contributed by atoms with E-state index < -0.39 is 0 Å². The summed E-state index contributed by atoms with van der Waals surface area (Å²) >= 11 is 0. The van der Waals surface area contributed by atoms with Gasteiger partial charge in [-0.2, -0.15) is 0 Å². The van der Waals surface area contributed by atoms with Gasteiger partial charge in [0.25, 0.3) is 0 Å². The lowest BCUT2D eigenvalue weighted by atomic mass is 9.95. The molecular formula is C23H26N4O2. The number of amides is 1. The van der Waals surface area contributed by atoms with Crippen molar-refractivity contribution in [3.63, 3.8) is 0 Å². The molecule has 3 heterocycles. The largest absolute Gasteiger partial charge is 0.492 e. The number of carbonyl (C=O) groups is 1. The van der Waals surface area contributed by atoms with Crippen molar-refractivity contribution in [1.29, 1.82) is 0 Å². The van der Waals surface area contributed by atoms with Gasteiger partial charge in [0, 0.05) is 31.4 Å². The zero-order valence-corrected chi connectivity index (χ0v) is 16.6. The molecule has 0 radical (unpaired) electrons. The van der Waals surface area contributed by atoms with E-state index in [0.29, 0.717) is 12.4 Å². The van der Waals surface area contributed by atoms with Gasteiger partial charge in [-0.15, -0.1) is 0 Å². The van der Waals surface area contributed by atoms with Crippen LogP contribution in [0.25, 0.3) is 5.69 Å². The van der Waals surface area contributed by atoms with Crippen LogP contribution in [0.2, 0.25) is 0 Å². The van der Waals surface area contributed by atoms with Crippen LogP contribution in [0.1, 0.15) is 19.8 Å². The van der Waals surface area contributed by atoms with Crippen LogP contribution in [0.4, 0.5) is 11.5 Å². The zero-order valence-electron chi connectivity index (χ0n) is 16.6. The van der Waals surface area contributed by atoms with E-state index in [4.69, 9.17) is 4.74 Å². The molecule has 1 fully saturated rings. The van der Waals surface area contributed by atoms with Crippen molar-refractivity contribution < 1.29 is 9.53 Å². The summed E-state index contributed by atoms with van der Waals surface area (Å²) in [5, 5.41) is 3.04. The Kier molecular flexibility index (Phi) is 5.79. The fourth-order valence-electron chi connectivity index (χ4n) is 3.68. The maximum absolute atomic E-state index is 12.7. The summed E-state index contributed by atoms with van der Waals surface area (Å²) in [6.45, 7) is 4.15. The molecule has 0 saturated carbocycles. The van der Waals surface area contributed by atoms with Gasteiger partial charge in [0.05, 0.1) is 24.2 Å². The lowest BCUT2D eigenvalue weighted by Gasteiger charge is -2.32. The number of hydrogen-bond acceptors (Lipinski definition) is 4. The molecule has 1 aromatic carbocycles. The van der Waals surface area contributed by atoms with Crippen LogP contribution in [0.15, 0.2) is 67.1 Å². The summed E-state index contributed by atoms with van der Waals surface area (Å²) in [6.07, 6.45) is 7.51. The number of pyridine rings is 1. The minimum atomic E-state index is 0.0000742. The lowest BCUT2D eigenvalue weighted by molar-refractivity contribution is -0.120. The Labute approximate surface area is 171 Å². The summed E-state index contributed by atoms with van der Waals surface area (Å²) in [4.78, 5) is 19.6. The average molecular weight is 390 g/mol. The highest BCUT2D eigenvalue weighted by Gasteiger charge is 2.26. The first-order valence-electron chi connectivity index (χ1n) is 10.1. The van der Waals surface area contributed by atoms with Crippen LogP contribution < -0.4 is 15.0 Å². The molecule has 0 atom stereocenters. The van der Waals surface area contributed by atoms with Gasteiger partial charge in [-0.1, -0.05) is 12.1 Å². The third kappa shape index (κ3) is 4.42. The average Bonchev–Trinajstić information content (AvgIpc) is 3.30. The SMILES string of the molecule is CCOc1ccccc1NC(=O)C1CCN(c2ccc(-n3cccc3)cn2)CC1. The molecule has 1 amide bonds. The van der Waals surface area contributed by atoms with E-state index in [1.54, 1.807) is 0 Å². The number of rotatable bonds is 6. The van der Waals surface area contributed by atoms with E-state index in [-0.39, 0.29) is 11.8 Å². The van der Waals surface area contributed by atoms with E-state index in [2.05, 4.69) is 21.3 Å². The van der Waals surface area contributed by atoms with Crippen molar-refractivity contribution in [2.24, 2.45) is 5.92 Å². The molecule has 1 aliphatic heterocycles. The van der Waals surface area contributed by atoms with Crippen LogP contribution in [0.3, 0.4) is 0 Å². The smallest absolute Gasteiger partial charge is 0.227 e. The van der Waals surface area contributed by atoms with Crippen LogP contribution in [-0.2, 0) is 4.79 Å². The molecule has 1 saturated heterocycles. The number of piperidine rings is 1. The second-order valence-corrected chi connectivity index (χ2v) is 7.14. The minimum absolute atomic E-state index is 0.0000742. The molecule has 150 valence electrons. The second kappa shape index (κ2) is 8.82. The molecule has 0 aliphatic carbocycles. The highest BCUT2D eigenvalue weighted by Crippen LogP contribution is 2.27. The van der Waals surface area contributed by atoms with Gasteiger partial charge in [0.15, 0.2) is 0 Å². The predicted octanol–water partition coefficient (Wildman–Crippen LogP) is 4.13. The van der Waals surface area contributed by atoms with Crippen molar-refractivity contribution in [3.8, 4) is 11.4 Å². The van der Waals surface area contributed by atoms with Gasteiger partial charge in [-0.25, -0.2) is 4.98 Å². The lowest BCUT2D eigenvalue weighted by Crippen LogP contribution is -2.38. The molecule has 0 unspecified atom stereocenters. The fourth-order valence-corrected chi connectivity index (χ4v) is 3.68. The van der Waals surface area contributed by atoms with Crippen molar-refractivity contribution in [1.82, 2.24) is 9.55 Å². The Hall–Kier alpha value is -3.28. The van der Waals surface area contributed by atoms with E-state index in [0.717, 1.165) is 43.1 Å². The van der Waals surface area contributed by atoms with Crippen LogP contribution in [0.5, 0.6) is 5.75 Å². The summed E-state index contributed by atoms with van der Waals surface area (Å²) in [7, 11) is 0. The molecule has 3 aromatic rings. The Morgan fingerprint density at radius 2 is 1.86 bits per heavy atom. The summed E-state index contributed by atoms with van der Waals surface area (Å²) in [5.74, 6) is 1.74. The number of nitrogens with one attached hydrogen (secondary N) is 1. The van der Waals surface area contributed by atoms with Crippen molar-refractivity contribution >= 4 is 17.4 Å². The minimum Gasteiger partial charge on any atom is -0.492 e. The van der Waals surface area contributed by atoms with E-state index in [1.165, 1.54) is 0 Å². The molecule has 0 bridgehead atoms. The molecular weight excluding hydrogens is 364 g/mol. The van der Waals surface area contributed by atoms with Gasteiger partial charge in [0.2, 0.25) is 5.91 Å². The predicted molar refractivity (Wildman–Crippen MR) is 115 cm³/mol. The number of hydrogen-bond donors (Lipinski definition) is 1. The Balaban J connectivity index is 1.34.